The molecule has 0 saturated carbocycles. The minimum absolute atomic E-state index is 0.141. The summed E-state index contributed by atoms with van der Waals surface area (Å²) in [4.78, 5) is 11.4. The van der Waals surface area contributed by atoms with E-state index in [2.05, 4.69) is 10.0 Å². The van der Waals surface area contributed by atoms with Crippen LogP contribution in [0, 0.1) is 0 Å². The van der Waals surface area contributed by atoms with Crippen LogP contribution in [0.4, 0.5) is 0 Å². The quantitative estimate of drug-likeness (QED) is 0.751. The molecule has 0 rings (SSSR count). The van der Waals surface area contributed by atoms with E-state index in [0.29, 0.717) is 0 Å². The molecule has 0 aliphatic heterocycles. The summed E-state index contributed by atoms with van der Waals surface area (Å²) >= 11 is 0. The molecule has 0 aliphatic carbocycles. The van der Waals surface area contributed by atoms with Gasteiger partial charge >= 0.3 is 0 Å². The molecule has 0 fully saturated rings. The first-order chi connectivity index (χ1) is 7.04. The average molecular weight is 250 g/mol. The van der Waals surface area contributed by atoms with E-state index in [1.165, 1.54) is 0 Å². The van der Waals surface area contributed by atoms with Crippen LogP contribution in [0.2, 0.25) is 0 Å². The fourth-order valence-electron chi connectivity index (χ4n) is 0.954. The fraction of sp³-hybridized carbons (Fsp3) is 0.900. The topological polar surface area (TPSA) is 75.3 Å². The van der Waals surface area contributed by atoms with Crippen molar-refractivity contribution in [1.82, 2.24) is 10.0 Å². The van der Waals surface area contributed by atoms with Crippen molar-refractivity contribution in [1.29, 1.82) is 0 Å². The van der Waals surface area contributed by atoms with Crippen LogP contribution in [0.1, 0.15) is 41.0 Å². The van der Waals surface area contributed by atoms with Crippen LogP contribution in [0.15, 0.2) is 0 Å². The Morgan fingerprint density at radius 3 is 2.12 bits per heavy atom. The van der Waals surface area contributed by atoms with Crippen molar-refractivity contribution < 1.29 is 13.2 Å². The van der Waals surface area contributed by atoms with Gasteiger partial charge in [-0.1, -0.05) is 0 Å². The largest absolute Gasteiger partial charge is 0.351 e. The highest BCUT2D eigenvalue weighted by molar-refractivity contribution is 7.90. The summed E-state index contributed by atoms with van der Waals surface area (Å²) in [6.45, 7) is 8.97. The van der Waals surface area contributed by atoms with Gasteiger partial charge in [-0.2, -0.15) is 0 Å². The number of nitrogens with one attached hydrogen (secondary N) is 2. The van der Waals surface area contributed by atoms with Gasteiger partial charge in [0.2, 0.25) is 15.9 Å². The monoisotopic (exact) mass is 250 g/mol. The molecular formula is C10H22N2O3S. The average Bonchev–Trinajstić information content (AvgIpc) is 1.99. The molecule has 0 spiro atoms. The Bertz CT molecular complexity index is 328. The van der Waals surface area contributed by atoms with Crippen molar-refractivity contribution in [3.05, 3.63) is 0 Å². The Morgan fingerprint density at radius 1 is 1.25 bits per heavy atom. The summed E-state index contributed by atoms with van der Waals surface area (Å²) in [5, 5.41) is 2.29. The summed E-state index contributed by atoms with van der Waals surface area (Å²) < 4.78 is 25.1. The van der Waals surface area contributed by atoms with Gasteiger partial charge in [-0.25, -0.2) is 13.1 Å². The van der Waals surface area contributed by atoms with Crippen LogP contribution in [0.3, 0.4) is 0 Å². The lowest BCUT2D eigenvalue weighted by molar-refractivity contribution is -0.122. The zero-order valence-corrected chi connectivity index (χ0v) is 11.4. The summed E-state index contributed by atoms with van der Waals surface area (Å²) in [5.41, 5.74) is -0.284. The van der Waals surface area contributed by atoms with Gasteiger partial charge in [-0.05, 0) is 34.6 Å². The molecule has 2 N–H and O–H groups in total. The van der Waals surface area contributed by atoms with E-state index in [9.17, 15) is 13.2 Å². The SMILES string of the molecule is CC(C)S(=O)(=O)NCCC(=O)NC(C)(C)C. The predicted octanol–water partition coefficient (Wildman–Crippen LogP) is 0.619. The molecule has 0 atom stereocenters. The number of carbonyl (C=O) groups is 1. The van der Waals surface area contributed by atoms with Crippen LogP contribution in [0.25, 0.3) is 0 Å². The standard InChI is InChI=1S/C10H22N2O3S/c1-8(2)16(14,15)11-7-6-9(13)12-10(3,4)5/h8,11H,6-7H2,1-5H3,(H,12,13). The Balaban J connectivity index is 3.97. The van der Waals surface area contributed by atoms with Crippen molar-refractivity contribution in [3.8, 4) is 0 Å². The van der Waals surface area contributed by atoms with Crippen molar-refractivity contribution in [2.45, 2.75) is 51.8 Å². The molecule has 0 unspecified atom stereocenters. The van der Waals surface area contributed by atoms with Gasteiger partial charge in [-0.3, -0.25) is 4.79 Å². The van der Waals surface area contributed by atoms with Crippen molar-refractivity contribution in [2.24, 2.45) is 0 Å². The van der Waals surface area contributed by atoms with Gasteiger partial charge in [0.25, 0.3) is 0 Å². The van der Waals surface area contributed by atoms with Crippen LogP contribution in [0.5, 0.6) is 0 Å². The van der Waals surface area contributed by atoms with Crippen molar-refractivity contribution in [2.75, 3.05) is 6.54 Å². The molecule has 0 heterocycles. The third-order valence-electron chi connectivity index (χ3n) is 1.79. The van der Waals surface area contributed by atoms with Crippen LogP contribution in [-0.4, -0.2) is 31.7 Å². The number of rotatable bonds is 5. The third-order valence-corrected chi connectivity index (χ3v) is 3.64. The molecule has 96 valence electrons. The normalized spacial score (nSPS) is 12.9. The van der Waals surface area contributed by atoms with E-state index in [4.69, 9.17) is 0 Å². The maximum atomic E-state index is 11.4. The lowest BCUT2D eigenvalue weighted by Crippen LogP contribution is -2.42. The first-order valence-corrected chi connectivity index (χ1v) is 6.89. The summed E-state index contributed by atoms with van der Waals surface area (Å²) in [6, 6.07) is 0. The predicted molar refractivity (Wildman–Crippen MR) is 64.6 cm³/mol. The zero-order chi connectivity index (χ0) is 13.0. The number of hydrogen-bond acceptors (Lipinski definition) is 3. The van der Waals surface area contributed by atoms with Crippen LogP contribution in [-0.2, 0) is 14.8 Å². The molecule has 0 aromatic rings. The molecule has 5 nitrogen and oxygen atoms in total. The molecule has 0 bridgehead atoms. The number of carbonyl (C=O) groups excluding carboxylic acids is 1. The maximum absolute atomic E-state index is 11.4. The molecular weight excluding hydrogens is 228 g/mol. The minimum atomic E-state index is -3.27. The van der Waals surface area contributed by atoms with E-state index >= 15 is 0 Å². The van der Waals surface area contributed by atoms with E-state index in [1.54, 1.807) is 13.8 Å². The lowest BCUT2D eigenvalue weighted by Gasteiger charge is -2.20. The third kappa shape index (κ3) is 6.79. The van der Waals surface area contributed by atoms with E-state index in [1.807, 2.05) is 20.8 Å². The van der Waals surface area contributed by atoms with Gasteiger partial charge in [0, 0.05) is 18.5 Å². The van der Waals surface area contributed by atoms with E-state index in [0.717, 1.165) is 0 Å². The molecule has 6 heteroatoms. The van der Waals surface area contributed by atoms with Gasteiger partial charge in [0.05, 0.1) is 5.25 Å². The summed E-state index contributed by atoms with van der Waals surface area (Å²) in [6.07, 6.45) is 0.156. The van der Waals surface area contributed by atoms with Gasteiger partial charge < -0.3 is 5.32 Å². The Kier molecular flexibility index (Phi) is 5.41. The molecule has 0 aliphatic rings. The molecule has 0 saturated heterocycles. The first-order valence-electron chi connectivity index (χ1n) is 5.34. The first kappa shape index (κ1) is 15.4. The number of sulfonamides is 1. The van der Waals surface area contributed by atoms with Crippen LogP contribution >= 0.6 is 0 Å². The molecule has 0 aromatic carbocycles. The number of hydrogen-bond donors (Lipinski definition) is 2. The highest BCUT2D eigenvalue weighted by Gasteiger charge is 2.17. The Hall–Kier alpha value is -0.620. The second kappa shape index (κ2) is 5.63. The second-order valence-corrected chi connectivity index (χ2v) is 7.36. The smallest absolute Gasteiger partial charge is 0.221 e. The second-order valence-electron chi connectivity index (χ2n) is 5.04. The molecule has 16 heavy (non-hydrogen) atoms. The van der Waals surface area contributed by atoms with Crippen molar-refractivity contribution >= 4 is 15.9 Å². The molecule has 0 radical (unpaired) electrons. The summed E-state index contributed by atoms with van der Waals surface area (Å²) in [5.74, 6) is -0.154. The van der Waals surface area contributed by atoms with Gasteiger partial charge in [0.1, 0.15) is 0 Å². The van der Waals surface area contributed by atoms with Gasteiger partial charge in [0.15, 0.2) is 0 Å². The highest BCUT2D eigenvalue weighted by Crippen LogP contribution is 1.99. The highest BCUT2D eigenvalue weighted by atomic mass is 32.2. The molecule has 1 amide bonds. The Morgan fingerprint density at radius 2 is 1.75 bits per heavy atom. The van der Waals surface area contributed by atoms with Crippen molar-refractivity contribution in [3.63, 3.8) is 0 Å². The number of amides is 1. The van der Waals surface area contributed by atoms with E-state index < -0.39 is 15.3 Å². The summed E-state index contributed by atoms with van der Waals surface area (Å²) in [7, 11) is -3.27. The zero-order valence-electron chi connectivity index (χ0n) is 10.6. The Labute approximate surface area is 98.0 Å². The van der Waals surface area contributed by atoms with Gasteiger partial charge in [-0.15, -0.1) is 0 Å². The molecule has 0 aromatic heterocycles. The van der Waals surface area contributed by atoms with Crippen LogP contribution < -0.4 is 10.0 Å². The van der Waals surface area contributed by atoms with E-state index in [-0.39, 0.29) is 24.4 Å². The minimum Gasteiger partial charge on any atom is -0.351 e. The lowest BCUT2D eigenvalue weighted by atomic mass is 10.1. The maximum Gasteiger partial charge on any atom is 0.221 e. The fourth-order valence-corrected chi connectivity index (χ4v) is 1.67.